The maximum atomic E-state index is 12.6. The number of aromatic hydroxyl groups is 1. The molecule has 1 aliphatic carbocycles. The van der Waals surface area contributed by atoms with Gasteiger partial charge in [0.25, 0.3) is 0 Å². The van der Waals surface area contributed by atoms with Gasteiger partial charge in [0, 0.05) is 25.2 Å². The van der Waals surface area contributed by atoms with Crippen LogP contribution in [-0.2, 0) is 9.53 Å². The number of rotatable bonds is 7. The highest BCUT2D eigenvalue weighted by atomic mass is 32.2. The number of aromatic nitrogens is 4. The molecule has 0 radical (unpaired) electrons. The van der Waals surface area contributed by atoms with Crippen LogP contribution in [0.3, 0.4) is 0 Å². The van der Waals surface area contributed by atoms with Crippen LogP contribution in [0.15, 0.2) is 29.4 Å². The minimum atomic E-state index is -0.0153. The second-order valence-electron chi connectivity index (χ2n) is 7.84. The topological polar surface area (TPSA) is 105 Å². The molecule has 0 atom stereocenters. The number of amides is 1. The van der Waals surface area contributed by atoms with Crippen LogP contribution in [0.1, 0.15) is 32.1 Å². The molecule has 1 saturated carbocycles. The molecule has 0 unspecified atom stereocenters. The number of hydrogen-bond acceptors (Lipinski definition) is 8. The molecule has 0 bridgehead atoms. The Morgan fingerprint density at radius 1 is 1.17 bits per heavy atom. The predicted molar refractivity (Wildman–Crippen MR) is 113 cm³/mol. The van der Waals surface area contributed by atoms with Crippen LogP contribution in [0, 0.1) is 0 Å². The van der Waals surface area contributed by atoms with E-state index < -0.39 is 0 Å². The van der Waals surface area contributed by atoms with Crippen LogP contribution in [0.5, 0.6) is 5.75 Å². The van der Waals surface area contributed by atoms with E-state index in [1.165, 1.54) is 31.0 Å². The van der Waals surface area contributed by atoms with Crippen LogP contribution >= 0.6 is 11.8 Å². The minimum Gasteiger partial charge on any atom is -0.508 e. The summed E-state index contributed by atoms with van der Waals surface area (Å²) < 4.78 is 7.09. The van der Waals surface area contributed by atoms with Crippen LogP contribution in [-0.4, -0.2) is 80.3 Å². The molecule has 1 aromatic heterocycles. The molecule has 162 valence electrons. The molecule has 0 spiro atoms. The van der Waals surface area contributed by atoms with Crippen LogP contribution in [0.2, 0.25) is 0 Å². The molecule has 2 heterocycles. The van der Waals surface area contributed by atoms with Gasteiger partial charge < -0.3 is 15.2 Å². The summed E-state index contributed by atoms with van der Waals surface area (Å²) in [6.07, 6.45) is 5.95. The number of thioether (sulfide) groups is 1. The Balaban J connectivity index is 1.33. The molecule has 1 amide bonds. The van der Waals surface area contributed by atoms with Crippen molar-refractivity contribution in [1.29, 1.82) is 0 Å². The molecule has 30 heavy (non-hydrogen) atoms. The molecular formula is C20H28N6O3S. The van der Waals surface area contributed by atoms with Crippen molar-refractivity contribution in [2.75, 3.05) is 38.6 Å². The molecule has 1 saturated heterocycles. The fourth-order valence-electron chi connectivity index (χ4n) is 4.32. The molecule has 2 N–H and O–H groups in total. The lowest BCUT2D eigenvalue weighted by atomic mass is 9.79. The Labute approximate surface area is 180 Å². The molecule has 10 heteroatoms. The molecule has 2 aliphatic rings. The third kappa shape index (κ3) is 4.93. The van der Waals surface area contributed by atoms with E-state index in [0.717, 1.165) is 44.8 Å². The van der Waals surface area contributed by atoms with Gasteiger partial charge in [0.2, 0.25) is 11.1 Å². The number of phenols is 1. The Morgan fingerprint density at radius 2 is 1.90 bits per heavy atom. The Kier molecular flexibility index (Phi) is 6.86. The lowest BCUT2D eigenvalue weighted by Gasteiger charge is -2.48. The molecular weight excluding hydrogens is 404 g/mol. The van der Waals surface area contributed by atoms with Gasteiger partial charge in [0.15, 0.2) is 0 Å². The number of phenolic OH excluding ortho intramolecular Hbond substituents is 1. The van der Waals surface area contributed by atoms with E-state index in [2.05, 4.69) is 25.7 Å². The summed E-state index contributed by atoms with van der Waals surface area (Å²) in [6, 6.07) is 6.61. The van der Waals surface area contributed by atoms with Gasteiger partial charge >= 0.3 is 0 Å². The van der Waals surface area contributed by atoms with Gasteiger partial charge in [0.05, 0.1) is 24.7 Å². The van der Waals surface area contributed by atoms with Crippen LogP contribution < -0.4 is 5.32 Å². The van der Waals surface area contributed by atoms with E-state index in [-0.39, 0.29) is 22.9 Å². The van der Waals surface area contributed by atoms with E-state index >= 15 is 0 Å². The average molecular weight is 433 g/mol. The van der Waals surface area contributed by atoms with Gasteiger partial charge in [-0.3, -0.25) is 9.69 Å². The highest BCUT2D eigenvalue weighted by Crippen LogP contribution is 2.34. The van der Waals surface area contributed by atoms with Gasteiger partial charge in [-0.15, -0.1) is 5.10 Å². The van der Waals surface area contributed by atoms with Gasteiger partial charge in [0.1, 0.15) is 5.75 Å². The summed E-state index contributed by atoms with van der Waals surface area (Å²) in [4.78, 5) is 15.1. The number of nitrogens with one attached hydrogen (secondary N) is 1. The Morgan fingerprint density at radius 3 is 2.63 bits per heavy atom. The zero-order valence-corrected chi connectivity index (χ0v) is 17.8. The number of carbonyl (C=O) groups excluding carboxylic acids is 1. The molecule has 2 aromatic rings. The number of morpholine rings is 1. The fraction of sp³-hybridized carbons (Fsp3) is 0.600. The zero-order chi connectivity index (χ0) is 20.8. The lowest BCUT2D eigenvalue weighted by molar-refractivity contribution is -0.119. The first-order valence-electron chi connectivity index (χ1n) is 10.5. The Bertz CT molecular complexity index is 831. The third-order valence-electron chi connectivity index (χ3n) is 5.95. The van der Waals surface area contributed by atoms with Gasteiger partial charge in [-0.1, -0.05) is 31.0 Å². The largest absolute Gasteiger partial charge is 0.508 e. The number of ether oxygens (including phenoxy) is 1. The predicted octanol–water partition coefficient (Wildman–Crippen LogP) is 1.61. The maximum absolute atomic E-state index is 12.6. The molecule has 2 fully saturated rings. The smallest absolute Gasteiger partial charge is 0.230 e. The van der Waals surface area contributed by atoms with Gasteiger partial charge in [-0.25, -0.2) is 0 Å². The van der Waals surface area contributed by atoms with Gasteiger partial charge in [-0.2, -0.15) is 4.68 Å². The van der Waals surface area contributed by atoms with E-state index in [1.54, 1.807) is 28.9 Å². The van der Waals surface area contributed by atoms with Crippen molar-refractivity contribution in [1.82, 2.24) is 30.4 Å². The quantitative estimate of drug-likeness (QED) is 0.636. The number of tetrazole rings is 1. The zero-order valence-electron chi connectivity index (χ0n) is 17.0. The second-order valence-corrected chi connectivity index (χ2v) is 8.78. The standard InChI is InChI=1S/C20H28N6O3S/c27-17-6-4-16(5-7-17)26-19(22-23-24-26)30-14-18(28)21-15-20(8-2-1-3-9-20)25-10-12-29-13-11-25/h4-7,27H,1-3,8-15H2,(H,21,28). The van der Waals surface area contributed by atoms with Crippen molar-refractivity contribution in [2.45, 2.75) is 42.8 Å². The molecule has 1 aromatic carbocycles. The molecule has 4 rings (SSSR count). The summed E-state index contributed by atoms with van der Waals surface area (Å²) in [5, 5.41) is 24.9. The summed E-state index contributed by atoms with van der Waals surface area (Å²) >= 11 is 1.30. The number of hydrogen-bond donors (Lipinski definition) is 2. The monoisotopic (exact) mass is 432 g/mol. The SMILES string of the molecule is O=C(CSc1nnnn1-c1ccc(O)cc1)NCC1(N2CCOCC2)CCCCC1. The van der Waals surface area contributed by atoms with Crippen LogP contribution in [0.4, 0.5) is 0 Å². The number of benzene rings is 1. The lowest BCUT2D eigenvalue weighted by Crippen LogP contribution is -2.59. The summed E-state index contributed by atoms with van der Waals surface area (Å²) in [5.41, 5.74) is 0.782. The third-order valence-corrected chi connectivity index (χ3v) is 6.87. The van der Waals surface area contributed by atoms with E-state index in [0.29, 0.717) is 11.7 Å². The Hall–Kier alpha value is -2.17. The van der Waals surface area contributed by atoms with E-state index in [9.17, 15) is 9.90 Å². The van der Waals surface area contributed by atoms with Crippen LogP contribution in [0.25, 0.3) is 5.69 Å². The highest BCUT2D eigenvalue weighted by Gasteiger charge is 2.38. The summed E-state index contributed by atoms with van der Waals surface area (Å²) in [7, 11) is 0. The molecule has 9 nitrogen and oxygen atoms in total. The molecule has 1 aliphatic heterocycles. The summed E-state index contributed by atoms with van der Waals surface area (Å²) in [5.74, 6) is 0.410. The fourth-order valence-corrected chi connectivity index (χ4v) is 5.04. The average Bonchev–Trinajstić information content (AvgIpc) is 3.27. The van der Waals surface area contributed by atoms with Crippen molar-refractivity contribution < 1.29 is 14.6 Å². The van der Waals surface area contributed by atoms with E-state index in [4.69, 9.17) is 4.74 Å². The van der Waals surface area contributed by atoms with Gasteiger partial charge in [-0.05, 0) is 47.5 Å². The van der Waals surface area contributed by atoms with Crippen molar-refractivity contribution in [3.05, 3.63) is 24.3 Å². The normalized spacial score (nSPS) is 19.5. The van der Waals surface area contributed by atoms with Crippen molar-refractivity contribution in [3.63, 3.8) is 0 Å². The minimum absolute atomic E-state index is 0.0153. The first kappa shape index (κ1) is 21.1. The van der Waals surface area contributed by atoms with Crippen molar-refractivity contribution >= 4 is 17.7 Å². The summed E-state index contributed by atoms with van der Waals surface area (Å²) in [6.45, 7) is 4.09. The maximum Gasteiger partial charge on any atom is 0.230 e. The first-order chi connectivity index (χ1) is 14.7. The number of carbonyl (C=O) groups is 1. The first-order valence-corrected chi connectivity index (χ1v) is 11.4. The van der Waals surface area contributed by atoms with E-state index in [1.807, 2.05) is 0 Å². The number of nitrogens with zero attached hydrogens (tertiary/aromatic N) is 5. The highest BCUT2D eigenvalue weighted by molar-refractivity contribution is 7.99. The second kappa shape index (κ2) is 9.76. The van der Waals surface area contributed by atoms with Crippen molar-refractivity contribution in [3.8, 4) is 11.4 Å². The van der Waals surface area contributed by atoms with Crippen molar-refractivity contribution in [2.24, 2.45) is 0 Å².